The highest BCUT2D eigenvalue weighted by atomic mass is 19.1. The third-order valence-electron chi connectivity index (χ3n) is 2.57. The summed E-state index contributed by atoms with van der Waals surface area (Å²) < 4.78 is 22.8. The van der Waals surface area contributed by atoms with Crippen LogP contribution < -0.4 is 0 Å². The second kappa shape index (κ2) is 5.85. The van der Waals surface area contributed by atoms with Gasteiger partial charge in [-0.05, 0) is 36.4 Å². The molecule has 0 bridgehead atoms. The molecular formula is C15H10FNO3. The summed E-state index contributed by atoms with van der Waals surface area (Å²) in [5.74, 6) is -0.213. The van der Waals surface area contributed by atoms with Crippen molar-refractivity contribution in [1.82, 2.24) is 0 Å². The average molecular weight is 271 g/mol. The molecule has 0 spiro atoms. The molecule has 1 aromatic heterocycles. The van der Waals surface area contributed by atoms with E-state index in [1.165, 1.54) is 25.3 Å². The van der Waals surface area contributed by atoms with Crippen LogP contribution in [0, 0.1) is 17.1 Å². The minimum atomic E-state index is -0.729. The standard InChI is InChI=1S/C15H10FNO3/c1-19-15(18)11(9-17)8-13-6-7-14(20-13)10-2-4-12(16)5-3-10/h2-8H,1H3/b11-8-. The summed E-state index contributed by atoms with van der Waals surface area (Å²) in [5, 5.41) is 8.84. The molecule has 0 aliphatic carbocycles. The number of benzene rings is 1. The second-order valence-corrected chi connectivity index (χ2v) is 3.87. The molecule has 0 atom stereocenters. The first-order valence-corrected chi connectivity index (χ1v) is 5.70. The molecule has 0 aliphatic rings. The van der Waals surface area contributed by atoms with E-state index in [0.29, 0.717) is 17.1 Å². The van der Waals surface area contributed by atoms with Crippen molar-refractivity contribution in [2.45, 2.75) is 0 Å². The number of halogens is 1. The van der Waals surface area contributed by atoms with Crippen molar-refractivity contribution in [2.75, 3.05) is 7.11 Å². The van der Waals surface area contributed by atoms with Gasteiger partial charge in [0, 0.05) is 11.6 Å². The molecule has 0 saturated carbocycles. The van der Waals surface area contributed by atoms with E-state index >= 15 is 0 Å². The lowest BCUT2D eigenvalue weighted by Crippen LogP contribution is -2.02. The zero-order valence-corrected chi connectivity index (χ0v) is 10.6. The normalized spacial score (nSPS) is 10.9. The Hall–Kier alpha value is -2.87. The topological polar surface area (TPSA) is 63.2 Å². The van der Waals surface area contributed by atoms with E-state index in [9.17, 15) is 9.18 Å². The molecule has 0 N–H and O–H groups in total. The van der Waals surface area contributed by atoms with E-state index in [2.05, 4.69) is 4.74 Å². The van der Waals surface area contributed by atoms with E-state index in [-0.39, 0.29) is 11.4 Å². The van der Waals surface area contributed by atoms with E-state index in [4.69, 9.17) is 9.68 Å². The Morgan fingerprint density at radius 3 is 2.60 bits per heavy atom. The van der Waals surface area contributed by atoms with Gasteiger partial charge >= 0.3 is 5.97 Å². The van der Waals surface area contributed by atoms with Gasteiger partial charge in [0.15, 0.2) is 0 Å². The summed E-state index contributed by atoms with van der Waals surface area (Å²) in [7, 11) is 1.19. The van der Waals surface area contributed by atoms with Crippen molar-refractivity contribution in [3.8, 4) is 17.4 Å². The number of methoxy groups -OCH3 is 1. The van der Waals surface area contributed by atoms with Crippen LogP contribution in [0.4, 0.5) is 4.39 Å². The molecule has 20 heavy (non-hydrogen) atoms. The van der Waals surface area contributed by atoms with Crippen LogP contribution in [0.15, 0.2) is 46.4 Å². The smallest absolute Gasteiger partial charge is 0.348 e. The first-order valence-electron chi connectivity index (χ1n) is 5.70. The fourth-order valence-corrected chi connectivity index (χ4v) is 1.59. The van der Waals surface area contributed by atoms with Gasteiger partial charge in [-0.1, -0.05) is 0 Å². The highest BCUT2D eigenvalue weighted by Gasteiger charge is 2.10. The number of carbonyl (C=O) groups is 1. The summed E-state index contributed by atoms with van der Waals surface area (Å²) in [6.45, 7) is 0. The van der Waals surface area contributed by atoms with Gasteiger partial charge in [-0.25, -0.2) is 9.18 Å². The van der Waals surface area contributed by atoms with Crippen LogP contribution in [0.3, 0.4) is 0 Å². The summed E-state index contributed by atoms with van der Waals surface area (Å²) in [6, 6.07) is 10.8. The van der Waals surface area contributed by atoms with Gasteiger partial charge in [0.2, 0.25) is 0 Å². The number of ether oxygens (including phenoxy) is 1. The van der Waals surface area contributed by atoms with Crippen LogP contribution in [-0.4, -0.2) is 13.1 Å². The summed E-state index contributed by atoms with van der Waals surface area (Å²) in [5.41, 5.74) is 0.537. The van der Waals surface area contributed by atoms with Crippen molar-refractivity contribution in [1.29, 1.82) is 5.26 Å². The maximum absolute atomic E-state index is 12.8. The number of carbonyl (C=O) groups excluding carboxylic acids is 1. The molecule has 0 aliphatic heterocycles. The Balaban J connectivity index is 2.29. The monoisotopic (exact) mass is 271 g/mol. The molecule has 1 heterocycles. The average Bonchev–Trinajstić information content (AvgIpc) is 2.93. The van der Waals surface area contributed by atoms with Crippen LogP contribution in [0.5, 0.6) is 0 Å². The van der Waals surface area contributed by atoms with E-state index in [1.54, 1.807) is 30.3 Å². The van der Waals surface area contributed by atoms with Crippen LogP contribution in [0.2, 0.25) is 0 Å². The molecule has 0 unspecified atom stereocenters. The van der Waals surface area contributed by atoms with Crippen LogP contribution in [0.1, 0.15) is 5.76 Å². The molecule has 2 rings (SSSR count). The number of nitriles is 1. The summed E-state index contributed by atoms with van der Waals surface area (Å²) in [6.07, 6.45) is 1.29. The summed E-state index contributed by atoms with van der Waals surface area (Å²) >= 11 is 0. The van der Waals surface area contributed by atoms with Gasteiger partial charge in [-0.3, -0.25) is 0 Å². The number of hydrogen-bond acceptors (Lipinski definition) is 4. The molecule has 5 heteroatoms. The number of hydrogen-bond donors (Lipinski definition) is 0. The molecule has 4 nitrogen and oxygen atoms in total. The zero-order chi connectivity index (χ0) is 14.5. The number of esters is 1. The zero-order valence-electron chi connectivity index (χ0n) is 10.6. The Kier molecular flexibility index (Phi) is 3.96. The first kappa shape index (κ1) is 13.6. The fourth-order valence-electron chi connectivity index (χ4n) is 1.59. The molecule has 100 valence electrons. The van der Waals surface area contributed by atoms with Gasteiger partial charge in [0.05, 0.1) is 7.11 Å². The molecule has 1 aromatic carbocycles. The molecule has 0 saturated heterocycles. The number of rotatable bonds is 3. The van der Waals surface area contributed by atoms with Crippen molar-refractivity contribution >= 4 is 12.0 Å². The van der Waals surface area contributed by atoms with Crippen molar-refractivity contribution in [2.24, 2.45) is 0 Å². The van der Waals surface area contributed by atoms with Crippen molar-refractivity contribution in [3.05, 3.63) is 53.5 Å². The molecule has 0 amide bonds. The molecule has 0 fully saturated rings. The van der Waals surface area contributed by atoms with Gasteiger partial charge in [-0.15, -0.1) is 0 Å². The van der Waals surface area contributed by atoms with Gasteiger partial charge < -0.3 is 9.15 Å². The van der Waals surface area contributed by atoms with E-state index in [1.807, 2.05) is 0 Å². The minimum absolute atomic E-state index is 0.160. The quantitative estimate of drug-likeness (QED) is 0.488. The number of nitrogens with zero attached hydrogens (tertiary/aromatic N) is 1. The summed E-state index contributed by atoms with van der Waals surface area (Å²) in [4.78, 5) is 11.3. The van der Waals surface area contributed by atoms with Crippen LogP contribution in [0.25, 0.3) is 17.4 Å². The van der Waals surface area contributed by atoms with Gasteiger partial charge in [-0.2, -0.15) is 5.26 Å². The van der Waals surface area contributed by atoms with Crippen LogP contribution in [-0.2, 0) is 9.53 Å². The van der Waals surface area contributed by atoms with Crippen molar-refractivity contribution in [3.63, 3.8) is 0 Å². The SMILES string of the molecule is COC(=O)/C(C#N)=C\c1ccc(-c2ccc(F)cc2)o1. The first-order chi connectivity index (χ1) is 9.63. The Morgan fingerprint density at radius 1 is 1.30 bits per heavy atom. The minimum Gasteiger partial charge on any atom is -0.465 e. The fraction of sp³-hybridized carbons (Fsp3) is 0.0667. The Bertz CT molecular complexity index is 693. The van der Waals surface area contributed by atoms with Crippen LogP contribution >= 0.6 is 0 Å². The van der Waals surface area contributed by atoms with E-state index in [0.717, 1.165) is 0 Å². The lowest BCUT2D eigenvalue weighted by Gasteiger charge is -1.96. The highest BCUT2D eigenvalue weighted by molar-refractivity contribution is 5.97. The second-order valence-electron chi connectivity index (χ2n) is 3.87. The molecular weight excluding hydrogens is 261 g/mol. The molecule has 0 radical (unpaired) electrons. The Labute approximate surface area is 114 Å². The van der Waals surface area contributed by atoms with E-state index < -0.39 is 5.97 Å². The number of furan rings is 1. The Morgan fingerprint density at radius 2 is 2.00 bits per heavy atom. The third-order valence-corrected chi connectivity index (χ3v) is 2.57. The molecule has 2 aromatic rings. The lowest BCUT2D eigenvalue weighted by molar-refractivity contribution is -0.135. The van der Waals surface area contributed by atoms with Gasteiger partial charge in [0.25, 0.3) is 0 Å². The largest absolute Gasteiger partial charge is 0.465 e. The van der Waals surface area contributed by atoms with Crippen molar-refractivity contribution < 1.29 is 18.3 Å². The lowest BCUT2D eigenvalue weighted by atomic mass is 10.2. The highest BCUT2D eigenvalue weighted by Crippen LogP contribution is 2.23. The third kappa shape index (κ3) is 2.93. The van der Waals surface area contributed by atoms with Gasteiger partial charge in [0.1, 0.15) is 29.0 Å². The maximum atomic E-state index is 12.8. The predicted octanol–water partition coefficient (Wildman–Crippen LogP) is 3.17. The maximum Gasteiger partial charge on any atom is 0.348 e. The predicted molar refractivity (Wildman–Crippen MR) is 69.7 cm³/mol.